The molecular formula is C59H54BBr2ClN10O4. The summed E-state index contributed by atoms with van der Waals surface area (Å²) in [6.07, 6.45) is 1.63. The van der Waals surface area contributed by atoms with Crippen LogP contribution in [0.25, 0.3) is 66.9 Å². The van der Waals surface area contributed by atoms with E-state index >= 15 is 0 Å². The molecule has 10 aromatic rings. The van der Waals surface area contributed by atoms with E-state index in [1.54, 1.807) is 0 Å². The van der Waals surface area contributed by atoms with Crippen molar-refractivity contribution in [3.63, 3.8) is 0 Å². The number of hydrogen-bond donors (Lipinski definition) is 4. The molecule has 1 saturated heterocycles. The number of carbonyl (C=O) groups is 2. The Morgan fingerprint density at radius 1 is 0.519 bits per heavy atom. The fraction of sp³-hybridized carbons (Fsp3) is 0.220. The fourth-order valence-electron chi connectivity index (χ4n) is 9.22. The van der Waals surface area contributed by atoms with Crippen LogP contribution in [0.1, 0.15) is 76.9 Å². The van der Waals surface area contributed by atoms with E-state index < -0.39 is 7.12 Å². The largest absolute Gasteiger partial charge is 0.512 e. The van der Waals surface area contributed by atoms with Crippen molar-refractivity contribution in [3.05, 3.63) is 181 Å². The molecule has 2 amide bonds. The van der Waals surface area contributed by atoms with Gasteiger partial charge in [-0.1, -0.05) is 96.5 Å². The first-order valence-electron chi connectivity index (χ1n) is 25.2. The van der Waals surface area contributed by atoms with Gasteiger partial charge in [-0.2, -0.15) is 0 Å². The van der Waals surface area contributed by atoms with Crippen molar-refractivity contribution in [1.29, 1.82) is 0 Å². The van der Waals surface area contributed by atoms with Gasteiger partial charge in [-0.15, -0.1) is 0 Å². The molecule has 0 aliphatic carbocycles. The Hall–Kier alpha value is -7.15. The van der Waals surface area contributed by atoms with Crippen molar-refractivity contribution in [2.45, 2.75) is 72.5 Å². The highest BCUT2D eigenvalue weighted by atomic mass is 79.9. The molecule has 0 bridgehead atoms. The average molecular weight is 1170 g/mol. The molecule has 0 radical (unpaired) electrons. The zero-order valence-electron chi connectivity index (χ0n) is 43.5. The number of aromatic amines is 2. The molecule has 77 heavy (non-hydrogen) atoms. The minimum atomic E-state index is -0.441. The monoisotopic (exact) mass is 1170 g/mol. The van der Waals surface area contributed by atoms with Crippen LogP contribution in [0.4, 0.5) is 0 Å². The highest BCUT2D eigenvalue weighted by molar-refractivity contribution is 9.11. The molecule has 5 aromatic carbocycles. The maximum absolute atomic E-state index is 12.1. The van der Waals surface area contributed by atoms with E-state index in [0.29, 0.717) is 23.8 Å². The van der Waals surface area contributed by atoms with Crippen molar-refractivity contribution >= 4 is 101 Å². The zero-order chi connectivity index (χ0) is 54.2. The van der Waals surface area contributed by atoms with E-state index in [2.05, 4.69) is 79.5 Å². The molecule has 3 aliphatic heterocycles. The van der Waals surface area contributed by atoms with Crippen LogP contribution in [0.2, 0.25) is 5.15 Å². The first kappa shape index (κ1) is 53.3. The molecule has 14 nitrogen and oxygen atoms in total. The molecule has 388 valence electrons. The molecule has 0 atom stereocenters. The number of hydrogen-bond acceptors (Lipinski definition) is 10. The SMILES string of the molecule is CC1(C)OB(c2cc3c([nH]2)CCNC3=O)OC1(C)C.Cc1nc2cccc(-c3cc4c([nH]3)CCNC4=O)c2nc1-c1ccccc1.Cc1nc2cccc(Br)c2nc1-c1ccccc1.Cc1nc2cccc(Br)c2nc1Cl. The summed E-state index contributed by atoms with van der Waals surface area (Å²) in [6.45, 7) is 15.2. The number of para-hydroxylation sites is 3. The normalized spacial score (nSPS) is 15.0. The van der Waals surface area contributed by atoms with Gasteiger partial charge in [-0.3, -0.25) is 9.59 Å². The third kappa shape index (κ3) is 11.2. The van der Waals surface area contributed by atoms with Crippen LogP contribution in [0.15, 0.2) is 136 Å². The van der Waals surface area contributed by atoms with E-state index in [4.69, 9.17) is 35.9 Å². The molecule has 3 aliphatic rings. The van der Waals surface area contributed by atoms with Crippen molar-refractivity contribution in [2.24, 2.45) is 0 Å². The molecule has 13 rings (SSSR count). The first-order valence-corrected chi connectivity index (χ1v) is 27.2. The molecular weight excluding hydrogens is 1120 g/mol. The lowest BCUT2D eigenvalue weighted by molar-refractivity contribution is 0.00578. The van der Waals surface area contributed by atoms with E-state index in [0.717, 1.165) is 128 Å². The summed E-state index contributed by atoms with van der Waals surface area (Å²) in [4.78, 5) is 58.2. The number of aryl methyl sites for hydroxylation is 3. The number of H-pyrrole nitrogens is 2. The summed E-state index contributed by atoms with van der Waals surface area (Å²) in [6, 6.07) is 41.7. The third-order valence-electron chi connectivity index (χ3n) is 14.0. The number of halogens is 3. The Morgan fingerprint density at radius 2 is 0.974 bits per heavy atom. The van der Waals surface area contributed by atoms with E-state index in [1.807, 2.05) is 164 Å². The van der Waals surface area contributed by atoms with Crippen molar-refractivity contribution < 1.29 is 18.9 Å². The lowest BCUT2D eigenvalue weighted by Gasteiger charge is -2.32. The Kier molecular flexibility index (Phi) is 15.3. The average Bonchev–Trinajstić information content (AvgIpc) is 4.20. The standard InChI is InChI=1S/C22H18N4O.C15H11BrN2.C13H19BN2O3.C9H6BrClN2/c1-13-20(14-6-3-2-4-7-14)26-21-15(8-5-9-18(21)24-13)19-12-16-17(25-19)10-11-23-22(16)27;1-10-14(11-6-3-2-4-7-11)18-15-12(16)8-5-9-13(15)17-10;1-12(2)13(3,4)19-14(18-12)10-7-8-9(16-10)5-6-15-11(8)17;1-5-9(11)13-8-6(10)3-2-4-7(8)12-5/h2-9,12,25H,10-11H2,1H3,(H,23,27);2-9H,1H3;7,16H,5-6H2,1-4H3,(H,15,17);2-4H,1H3. The smallest absolute Gasteiger partial charge is 0.398 e. The van der Waals surface area contributed by atoms with E-state index in [9.17, 15) is 9.59 Å². The molecule has 18 heteroatoms. The Labute approximate surface area is 468 Å². The minimum absolute atomic E-state index is 0.0223. The number of amides is 2. The maximum Gasteiger partial charge on any atom is 0.512 e. The third-order valence-corrected chi connectivity index (χ3v) is 15.6. The van der Waals surface area contributed by atoms with Crippen LogP contribution in [0.5, 0.6) is 0 Å². The number of rotatable bonds is 4. The van der Waals surface area contributed by atoms with Gasteiger partial charge in [0, 0.05) is 74.2 Å². The van der Waals surface area contributed by atoms with Gasteiger partial charge < -0.3 is 29.9 Å². The molecule has 8 heterocycles. The van der Waals surface area contributed by atoms with Gasteiger partial charge in [-0.25, -0.2) is 29.9 Å². The zero-order valence-corrected chi connectivity index (χ0v) is 47.4. The second kappa shape index (κ2) is 22.1. The second-order valence-electron chi connectivity index (χ2n) is 19.8. The van der Waals surface area contributed by atoms with Gasteiger partial charge in [0.25, 0.3) is 11.8 Å². The number of nitrogens with one attached hydrogen (secondary N) is 4. The number of nitrogens with zero attached hydrogens (tertiary/aromatic N) is 6. The van der Waals surface area contributed by atoms with E-state index in [-0.39, 0.29) is 23.0 Å². The minimum Gasteiger partial charge on any atom is -0.398 e. The quantitative estimate of drug-likeness (QED) is 0.124. The van der Waals surface area contributed by atoms with Crippen molar-refractivity contribution in [2.75, 3.05) is 13.1 Å². The number of benzene rings is 5. The van der Waals surface area contributed by atoms with Crippen LogP contribution >= 0.6 is 43.5 Å². The van der Waals surface area contributed by atoms with Gasteiger partial charge in [-0.05, 0) is 123 Å². The highest BCUT2D eigenvalue weighted by Crippen LogP contribution is 2.37. The van der Waals surface area contributed by atoms with Gasteiger partial charge in [0.15, 0.2) is 5.15 Å². The fourth-order valence-corrected chi connectivity index (χ4v) is 10.2. The van der Waals surface area contributed by atoms with Crippen LogP contribution < -0.4 is 16.2 Å². The van der Waals surface area contributed by atoms with Gasteiger partial charge in [0.05, 0.1) is 72.9 Å². The number of carbonyl (C=O) groups excluding carboxylic acids is 2. The second-order valence-corrected chi connectivity index (χ2v) is 21.9. The van der Waals surface area contributed by atoms with Gasteiger partial charge in [0.2, 0.25) is 0 Å². The summed E-state index contributed by atoms with van der Waals surface area (Å²) in [5.41, 5.74) is 17.0. The van der Waals surface area contributed by atoms with E-state index in [1.165, 1.54) is 0 Å². The first-order chi connectivity index (χ1) is 36.9. The van der Waals surface area contributed by atoms with Crippen LogP contribution in [-0.4, -0.2) is 83.1 Å². The highest BCUT2D eigenvalue weighted by Gasteiger charge is 2.52. The summed E-state index contributed by atoms with van der Waals surface area (Å²) in [5, 5.41) is 6.18. The lowest BCUT2D eigenvalue weighted by Crippen LogP contribution is -2.41. The Balaban J connectivity index is 0.000000120. The molecule has 0 saturated carbocycles. The summed E-state index contributed by atoms with van der Waals surface area (Å²) in [5.74, 6) is -0.0499. The molecule has 4 N–H and O–H groups in total. The van der Waals surface area contributed by atoms with Crippen molar-refractivity contribution in [1.82, 2.24) is 50.5 Å². The van der Waals surface area contributed by atoms with Gasteiger partial charge in [0.1, 0.15) is 11.0 Å². The molecule has 5 aromatic heterocycles. The van der Waals surface area contributed by atoms with Crippen LogP contribution in [0, 0.1) is 20.8 Å². The predicted octanol–water partition coefficient (Wildman–Crippen LogP) is 12.2. The predicted molar refractivity (Wildman–Crippen MR) is 312 cm³/mol. The van der Waals surface area contributed by atoms with Crippen molar-refractivity contribution in [3.8, 4) is 33.8 Å². The number of fused-ring (bicyclic) bond motifs is 5. The topological polar surface area (TPSA) is 186 Å². The van der Waals surface area contributed by atoms with Crippen LogP contribution in [-0.2, 0) is 22.2 Å². The summed E-state index contributed by atoms with van der Waals surface area (Å²) < 4.78 is 13.8. The summed E-state index contributed by atoms with van der Waals surface area (Å²) >= 11 is 12.8. The molecule has 0 spiro atoms. The maximum atomic E-state index is 12.1. The van der Waals surface area contributed by atoms with Crippen LogP contribution in [0.3, 0.4) is 0 Å². The molecule has 1 fully saturated rings. The Bertz CT molecular complexity index is 3860. The summed E-state index contributed by atoms with van der Waals surface area (Å²) in [7, 11) is -0.441. The number of aromatic nitrogens is 8. The lowest BCUT2D eigenvalue weighted by atomic mass is 9.85. The Morgan fingerprint density at radius 3 is 1.49 bits per heavy atom. The molecule has 0 unspecified atom stereocenters. The van der Waals surface area contributed by atoms with Gasteiger partial charge >= 0.3 is 7.12 Å².